The Hall–Kier alpha value is -1.75. The smallest absolute Gasteiger partial charge is 0.191 e. The molecule has 0 radical (unpaired) electrons. The van der Waals surface area contributed by atoms with E-state index >= 15 is 0 Å². The monoisotopic (exact) mass is 360 g/mol. The molecule has 1 atom stereocenters. The van der Waals surface area contributed by atoms with Gasteiger partial charge in [0.05, 0.1) is 12.6 Å². The summed E-state index contributed by atoms with van der Waals surface area (Å²) in [6.07, 6.45) is 1.43. The largest absolute Gasteiger partial charge is 0.491 e. The number of nitrogens with one attached hydrogen (secondary N) is 2. The fourth-order valence-electron chi connectivity index (χ4n) is 3.27. The maximum atomic E-state index is 5.97. The molecule has 2 N–H and O–H groups in total. The van der Waals surface area contributed by atoms with Gasteiger partial charge in [-0.05, 0) is 64.8 Å². The van der Waals surface area contributed by atoms with Gasteiger partial charge in [-0.25, -0.2) is 4.99 Å². The molecule has 1 aromatic rings. The molecule has 1 unspecified atom stereocenters. The standard InChI is InChI=1S/C21H36N4O/c1-6-22-21(23-13-18-10-11-25(7-2)15-18)24-14-19-9-8-17(5)12-20(19)26-16(3)4/h8-9,12,16,18H,6-7,10-11,13-15H2,1-5H3,(H2,22,23,24). The molecule has 0 bridgehead atoms. The number of hydrogen-bond acceptors (Lipinski definition) is 3. The van der Waals surface area contributed by atoms with Gasteiger partial charge in [0.25, 0.3) is 0 Å². The predicted octanol–water partition coefficient (Wildman–Crippen LogP) is 3.18. The molecule has 1 saturated heterocycles. The van der Waals surface area contributed by atoms with Crippen LogP contribution in [0.4, 0.5) is 0 Å². The minimum Gasteiger partial charge on any atom is -0.491 e. The number of aliphatic imine (C=N–C) groups is 1. The van der Waals surface area contributed by atoms with Gasteiger partial charge in [-0.15, -0.1) is 0 Å². The molecule has 0 amide bonds. The Bertz CT molecular complexity index is 585. The van der Waals surface area contributed by atoms with Crippen LogP contribution in [-0.4, -0.2) is 49.7 Å². The van der Waals surface area contributed by atoms with Crippen molar-refractivity contribution in [1.29, 1.82) is 0 Å². The summed E-state index contributed by atoms with van der Waals surface area (Å²) in [6, 6.07) is 6.34. The van der Waals surface area contributed by atoms with Gasteiger partial charge in [0.2, 0.25) is 0 Å². The molecule has 0 spiro atoms. The molecule has 26 heavy (non-hydrogen) atoms. The SMILES string of the molecule is CCNC(=NCc1ccc(C)cc1OC(C)C)NCC1CCN(CC)C1. The Morgan fingerprint density at radius 3 is 2.77 bits per heavy atom. The number of guanidine groups is 1. The maximum Gasteiger partial charge on any atom is 0.191 e. The molecule has 0 aliphatic carbocycles. The lowest BCUT2D eigenvalue weighted by molar-refractivity contribution is 0.240. The van der Waals surface area contributed by atoms with E-state index in [1.165, 1.54) is 25.1 Å². The number of hydrogen-bond donors (Lipinski definition) is 2. The molecular weight excluding hydrogens is 324 g/mol. The third-order valence-electron chi connectivity index (χ3n) is 4.71. The average molecular weight is 361 g/mol. The highest BCUT2D eigenvalue weighted by atomic mass is 16.5. The summed E-state index contributed by atoms with van der Waals surface area (Å²) in [4.78, 5) is 7.29. The van der Waals surface area contributed by atoms with E-state index in [4.69, 9.17) is 9.73 Å². The van der Waals surface area contributed by atoms with E-state index in [1.807, 2.05) is 0 Å². The lowest BCUT2D eigenvalue weighted by atomic mass is 10.1. The molecule has 2 rings (SSSR count). The normalized spacial score (nSPS) is 18.4. The third-order valence-corrected chi connectivity index (χ3v) is 4.71. The summed E-state index contributed by atoms with van der Waals surface area (Å²) < 4.78 is 5.97. The van der Waals surface area contributed by atoms with Crippen LogP contribution in [0.2, 0.25) is 0 Å². The second-order valence-corrected chi connectivity index (χ2v) is 7.40. The first-order valence-corrected chi connectivity index (χ1v) is 10.0. The van der Waals surface area contributed by atoms with E-state index in [0.29, 0.717) is 12.5 Å². The van der Waals surface area contributed by atoms with Crippen molar-refractivity contribution in [3.05, 3.63) is 29.3 Å². The molecule has 1 aliphatic heterocycles. The van der Waals surface area contributed by atoms with Gasteiger partial charge in [-0.2, -0.15) is 0 Å². The highest BCUT2D eigenvalue weighted by Gasteiger charge is 2.21. The summed E-state index contributed by atoms with van der Waals surface area (Å²) in [7, 11) is 0. The van der Waals surface area contributed by atoms with Crippen molar-refractivity contribution in [2.75, 3.05) is 32.7 Å². The van der Waals surface area contributed by atoms with Crippen LogP contribution < -0.4 is 15.4 Å². The Labute approximate surface area is 159 Å². The van der Waals surface area contributed by atoms with E-state index in [1.54, 1.807) is 0 Å². The van der Waals surface area contributed by atoms with Gasteiger partial charge in [-0.3, -0.25) is 0 Å². The van der Waals surface area contributed by atoms with Crippen molar-refractivity contribution in [2.45, 2.75) is 53.7 Å². The van der Waals surface area contributed by atoms with Crippen LogP contribution in [-0.2, 0) is 6.54 Å². The Kier molecular flexibility index (Phi) is 8.23. The fourth-order valence-corrected chi connectivity index (χ4v) is 3.27. The first kappa shape index (κ1) is 20.6. The molecular formula is C21H36N4O. The molecule has 5 heteroatoms. The van der Waals surface area contributed by atoms with Gasteiger partial charge in [0.15, 0.2) is 5.96 Å². The van der Waals surface area contributed by atoms with Crippen LogP contribution in [0.25, 0.3) is 0 Å². The van der Waals surface area contributed by atoms with Gasteiger partial charge in [0.1, 0.15) is 5.75 Å². The first-order valence-electron chi connectivity index (χ1n) is 10.0. The van der Waals surface area contributed by atoms with E-state index in [-0.39, 0.29) is 6.10 Å². The second kappa shape index (κ2) is 10.4. The summed E-state index contributed by atoms with van der Waals surface area (Å²) in [5.74, 6) is 2.53. The quantitative estimate of drug-likeness (QED) is 0.552. The molecule has 1 heterocycles. The summed E-state index contributed by atoms with van der Waals surface area (Å²) in [6.45, 7) is 16.6. The zero-order valence-electron chi connectivity index (χ0n) is 17.1. The van der Waals surface area contributed by atoms with Gasteiger partial charge in [0, 0.05) is 25.2 Å². The maximum absolute atomic E-state index is 5.97. The Balaban J connectivity index is 1.98. The molecule has 1 aromatic carbocycles. The van der Waals surface area contributed by atoms with E-state index < -0.39 is 0 Å². The Morgan fingerprint density at radius 1 is 1.31 bits per heavy atom. The van der Waals surface area contributed by atoms with Crippen LogP contribution in [0.15, 0.2) is 23.2 Å². The van der Waals surface area contributed by atoms with Crippen molar-refractivity contribution in [3.8, 4) is 5.75 Å². The lowest BCUT2D eigenvalue weighted by Crippen LogP contribution is -2.40. The lowest BCUT2D eigenvalue weighted by Gasteiger charge is -2.17. The number of likely N-dealkylation sites (tertiary alicyclic amines) is 1. The van der Waals surface area contributed by atoms with E-state index in [9.17, 15) is 0 Å². The molecule has 5 nitrogen and oxygen atoms in total. The highest BCUT2D eigenvalue weighted by Crippen LogP contribution is 2.22. The van der Waals surface area contributed by atoms with Crippen LogP contribution in [0.3, 0.4) is 0 Å². The fraction of sp³-hybridized carbons (Fsp3) is 0.667. The molecule has 146 valence electrons. The minimum atomic E-state index is 0.162. The van der Waals surface area contributed by atoms with Crippen molar-refractivity contribution >= 4 is 5.96 Å². The predicted molar refractivity (Wildman–Crippen MR) is 110 cm³/mol. The third kappa shape index (κ3) is 6.52. The van der Waals surface area contributed by atoms with Gasteiger partial charge < -0.3 is 20.3 Å². The topological polar surface area (TPSA) is 48.9 Å². The number of nitrogens with zero attached hydrogens (tertiary/aromatic N) is 2. The molecule has 1 aliphatic rings. The average Bonchev–Trinajstić information content (AvgIpc) is 3.06. The minimum absolute atomic E-state index is 0.162. The van der Waals surface area contributed by atoms with E-state index in [0.717, 1.165) is 36.9 Å². The van der Waals surface area contributed by atoms with Crippen LogP contribution in [0.1, 0.15) is 45.2 Å². The number of rotatable bonds is 8. The van der Waals surface area contributed by atoms with Gasteiger partial charge in [-0.1, -0.05) is 19.1 Å². The number of aryl methyl sites for hydroxylation is 1. The van der Waals surface area contributed by atoms with Crippen molar-refractivity contribution in [2.24, 2.45) is 10.9 Å². The molecule has 0 saturated carbocycles. The van der Waals surface area contributed by atoms with Crippen LogP contribution in [0.5, 0.6) is 5.75 Å². The van der Waals surface area contributed by atoms with Crippen molar-refractivity contribution in [3.63, 3.8) is 0 Å². The zero-order chi connectivity index (χ0) is 18.9. The zero-order valence-corrected chi connectivity index (χ0v) is 17.1. The Morgan fingerprint density at radius 2 is 2.12 bits per heavy atom. The summed E-state index contributed by atoms with van der Waals surface area (Å²) in [5.41, 5.74) is 2.33. The second-order valence-electron chi connectivity index (χ2n) is 7.40. The first-order chi connectivity index (χ1) is 12.5. The highest BCUT2D eigenvalue weighted by molar-refractivity contribution is 5.79. The molecule has 1 fully saturated rings. The van der Waals surface area contributed by atoms with Gasteiger partial charge >= 0.3 is 0 Å². The van der Waals surface area contributed by atoms with Crippen molar-refractivity contribution in [1.82, 2.24) is 15.5 Å². The van der Waals surface area contributed by atoms with E-state index in [2.05, 4.69) is 68.4 Å². The molecule has 0 aromatic heterocycles. The number of benzene rings is 1. The van der Waals surface area contributed by atoms with Crippen molar-refractivity contribution < 1.29 is 4.74 Å². The van der Waals surface area contributed by atoms with Crippen LogP contribution >= 0.6 is 0 Å². The summed E-state index contributed by atoms with van der Waals surface area (Å²) >= 11 is 0. The summed E-state index contributed by atoms with van der Waals surface area (Å²) in [5, 5.41) is 6.88. The van der Waals surface area contributed by atoms with Crippen LogP contribution in [0, 0.1) is 12.8 Å². The number of ether oxygens (including phenoxy) is 1.